The number of aliphatic carboxylic acids is 1. The lowest BCUT2D eigenvalue weighted by atomic mass is 10.0. The molecule has 5 heteroatoms. The van der Waals surface area contributed by atoms with Crippen LogP contribution in [0.5, 0.6) is 0 Å². The van der Waals surface area contributed by atoms with E-state index < -0.39 is 29.3 Å². The maximum absolute atomic E-state index is 12.9. The lowest BCUT2D eigenvalue weighted by Crippen LogP contribution is -2.42. The highest BCUT2D eigenvalue weighted by Crippen LogP contribution is 2.65. The molecule has 0 amide bonds. The van der Waals surface area contributed by atoms with Gasteiger partial charge in [0.2, 0.25) is 0 Å². The van der Waals surface area contributed by atoms with Gasteiger partial charge in [-0.05, 0) is 12.3 Å². The Bertz CT molecular complexity index is 256. The summed E-state index contributed by atoms with van der Waals surface area (Å²) >= 11 is 0. The molecule has 0 aromatic rings. The molecule has 0 spiro atoms. The lowest BCUT2D eigenvalue weighted by Gasteiger charge is -2.16. The van der Waals surface area contributed by atoms with Gasteiger partial charge in [-0.2, -0.15) is 0 Å². The van der Waals surface area contributed by atoms with E-state index in [1.54, 1.807) is 0 Å². The first kappa shape index (κ1) is 7.91. The van der Waals surface area contributed by atoms with Crippen molar-refractivity contribution < 1.29 is 18.7 Å². The number of alkyl halides is 2. The standard InChI is InChI=1S/C7H9F2NO2/c8-6(9)2-1-3-4(6)7(3,10)5(11)12/h3-4H,1-2,10H2,(H,11,12)/t3-,4-,7-/m1/s1. The monoisotopic (exact) mass is 177 g/mol. The molecule has 0 radical (unpaired) electrons. The second-order valence-electron chi connectivity index (χ2n) is 3.62. The molecule has 0 saturated heterocycles. The van der Waals surface area contributed by atoms with Crippen molar-refractivity contribution in [1.82, 2.24) is 0 Å². The van der Waals surface area contributed by atoms with Gasteiger partial charge in [-0.1, -0.05) is 0 Å². The Balaban J connectivity index is 2.26. The van der Waals surface area contributed by atoms with Crippen LogP contribution in [0.1, 0.15) is 12.8 Å². The second-order valence-corrected chi connectivity index (χ2v) is 3.62. The van der Waals surface area contributed by atoms with E-state index in [1.165, 1.54) is 0 Å². The van der Waals surface area contributed by atoms with Crippen molar-refractivity contribution in [3.63, 3.8) is 0 Å². The molecule has 3 nitrogen and oxygen atoms in total. The zero-order valence-corrected chi connectivity index (χ0v) is 6.26. The van der Waals surface area contributed by atoms with Gasteiger partial charge in [0.1, 0.15) is 5.54 Å². The van der Waals surface area contributed by atoms with E-state index >= 15 is 0 Å². The maximum atomic E-state index is 12.9. The molecular formula is C7H9F2NO2. The lowest BCUT2D eigenvalue weighted by molar-refractivity contribution is -0.143. The van der Waals surface area contributed by atoms with Crippen molar-refractivity contribution in [1.29, 1.82) is 0 Å². The molecule has 12 heavy (non-hydrogen) atoms. The minimum atomic E-state index is -2.86. The van der Waals surface area contributed by atoms with Crippen molar-refractivity contribution in [2.24, 2.45) is 17.6 Å². The molecule has 0 heterocycles. The third kappa shape index (κ3) is 0.652. The molecule has 2 saturated carbocycles. The van der Waals surface area contributed by atoms with Crippen LogP contribution in [0.25, 0.3) is 0 Å². The average Bonchev–Trinajstić information content (AvgIpc) is 2.41. The number of fused-ring (bicyclic) bond motifs is 1. The Hall–Kier alpha value is -0.710. The molecule has 3 atom stereocenters. The molecule has 2 aliphatic rings. The van der Waals surface area contributed by atoms with Gasteiger partial charge >= 0.3 is 5.97 Å². The number of hydrogen-bond acceptors (Lipinski definition) is 2. The van der Waals surface area contributed by atoms with Crippen molar-refractivity contribution >= 4 is 5.97 Å². The number of nitrogens with two attached hydrogens (primary N) is 1. The average molecular weight is 177 g/mol. The number of hydrogen-bond donors (Lipinski definition) is 2. The van der Waals surface area contributed by atoms with Gasteiger partial charge in [0.15, 0.2) is 0 Å². The van der Waals surface area contributed by atoms with E-state index in [4.69, 9.17) is 10.8 Å². The molecule has 3 N–H and O–H groups in total. The smallest absolute Gasteiger partial charge is 0.324 e. The van der Waals surface area contributed by atoms with Crippen LogP contribution in [-0.2, 0) is 4.79 Å². The number of carboxylic acid groups (broad SMARTS) is 1. The highest BCUT2D eigenvalue weighted by Gasteiger charge is 2.79. The summed E-state index contributed by atoms with van der Waals surface area (Å²) < 4.78 is 25.8. The third-order valence-corrected chi connectivity index (χ3v) is 3.04. The predicted octanol–water partition coefficient (Wildman–Crippen LogP) is 0.444. The van der Waals surface area contributed by atoms with Gasteiger partial charge in [-0.3, -0.25) is 4.79 Å². The van der Waals surface area contributed by atoms with Crippen LogP contribution >= 0.6 is 0 Å². The molecule has 2 fully saturated rings. The molecule has 0 bridgehead atoms. The van der Waals surface area contributed by atoms with Crippen molar-refractivity contribution in [2.45, 2.75) is 24.3 Å². The maximum Gasteiger partial charge on any atom is 0.324 e. The van der Waals surface area contributed by atoms with E-state index in [2.05, 4.69) is 0 Å². The quantitative estimate of drug-likeness (QED) is 0.611. The number of carbonyl (C=O) groups is 1. The summed E-state index contributed by atoms with van der Waals surface area (Å²) in [4.78, 5) is 10.5. The number of halogens is 2. The van der Waals surface area contributed by atoms with Gasteiger partial charge in [-0.15, -0.1) is 0 Å². The Morgan fingerprint density at radius 3 is 2.42 bits per heavy atom. The largest absolute Gasteiger partial charge is 0.480 e. The summed E-state index contributed by atoms with van der Waals surface area (Å²) in [6, 6.07) is 0. The summed E-state index contributed by atoms with van der Waals surface area (Å²) in [6.45, 7) is 0. The summed E-state index contributed by atoms with van der Waals surface area (Å²) in [5.41, 5.74) is 3.70. The van der Waals surface area contributed by atoms with E-state index in [1.807, 2.05) is 0 Å². The molecule has 0 unspecified atom stereocenters. The van der Waals surface area contributed by atoms with E-state index in [0.29, 0.717) is 0 Å². The summed E-state index contributed by atoms with van der Waals surface area (Å²) in [7, 11) is 0. The molecule has 2 rings (SSSR count). The Morgan fingerprint density at radius 1 is 1.58 bits per heavy atom. The normalized spacial score (nSPS) is 48.6. The van der Waals surface area contributed by atoms with Crippen LogP contribution in [0.2, 0.25) is 0 Å². The van der Waals surface area contributed by atoms with Crippen LogP contribution in [0.15, 0.2) is 0 Å². The Labute approximate surface area is 67.5 Å². The van der Waals surface area contributed by atoms with Gasteiger partial charge in [0.05, 0.1) is 5.92 Å². The minimum absolute atomic E-state index is 0.214. The zero-order valence-electron chi connectivity index (χ0n) is 6.26. The van der Waals surface area contributed by atoms with Crippen LogP contribution < -0.4 is 5.73 Å². The van der Waals surface area contributed by atoms with E-state index in [0.717, 1.165) is 0 Å². The fourth-order valence-electron chi connectivity index (χ4n) is 2.33. The first-order valence-corrected chi connectivity index (χ1v) is 3.81. The van der Waals surface area contributed by atoms with Crippen LogP contribution in [0.3, 0.4) is 0 Å². The topological polar surface area (TPSA) is 63.3 Å². The highest BCUT2D eigenvalue weighted by molar-refractivity contribution is 5.84. The molecular weight excluding hydrogens is 168 g/mol. The van der Waals surface area contributed by atoms with Gasteiger partial charge in [0, 0.05) is 6.42 Å². The van der Waals surface area contributed by atoms with Crippen LogP contribution in [-0.4, -0.2) is 22.5 Å². The van der Waals surface area contributed by atoms with E-state index in [-0.39, 0.29) is 12.8 Å². The Morgan fingerprint density at radius 2 is 2.17 bits per heavy atom. The SMILES string of the molecule is N[C@]1(C(=O)O)[C@@H]2CCC(F)(F)[C@@H]21. The first-order valence-electron chi connectivity index (χ1n) is 3.81. The third-order valence-electron chi connectivity index (χ3n) is 3.04. The molecule has 0 aliphatic heterocycles. The predicted molar refractivity (Wildman–Crippen MR) is 35.7 cm³/mol. The molecule has 0 aromatic heterocycles. The highest BCUT2D eigenvalue weighted by atomic mass is 19.3. The van der Waals surface area contributed by atoms with Crippen molar-refractivity contribution in [3.05, 3.63) is 0 Å². The molecule has 68 valence electrons. The second kappa shape index (κ2) is 1.79. The number of rotatable bonds is 1. The molecule has 2 aliphatic carbocycles. The van der Waals surface area contributed by atoms with Gasteiger partial charge in [0.25, 0.3) is 5.92 Å². The fraction of sp³-hybridized carbons (Fsp3) is 0.857. The minimum Gasteiger partial charge on any atom is -0.480 e. The van der Waals surface area contributed by atoms with Crippen LogP contribution in [0, 0.1) is 11.8 Å². The summed E-state index contributed by atoms with van der Waals surface area (Å²) in [5, 5.41) is 8.59. The summed E-state index contributed by atoms with van der Waals surface area (Å²) in [6.07, 6.45) is 0.0228. The zero-order chi connectivity index (χ0) is 9.15. The number of carboxylic acids is 1. The van der Waals surface area contributed by atoms with E-state index in [9.17, 15) is 13.6 Å². The van der Waals surface area contributed by atoms with Crippen molar-refractivity contribution in [2.75, 3.05) is 0 Å². The van der Waals surface area contributed by atoms with Crippen LogP contribution in [0.4, 0.5) is 8.78 Å². The summed E-state index contributed by atoms with van der Waals surface area (Å²) in [5.74, 6) is -5.79. The Kier molecular flexibility index (Phi) is 1.18. The first-order chi connectivity index (χ1) is 5.40. The molecule has 0 aromatic carbocycles. The van der Waals surface area contributed by atoms with Crippen molar-refractivity contribution in [3.8, 4) is 0 Å². The van der Waals surface area contributed by atoms with Gasteiger partial charge < -0.3 is 10.8 Å². The fourth-order valence-corrected chi connectivity index (χ4v) is 2.33. The van der Waals surface area contributed by atoms with Gasteiger partial charge in [-0.25, -0.2) is 8.78 Å².